The summed E-state index contributed by atoms with van der Waals surface area (Å²) in [5, 5.41) is 0. The van der Waals surface area contributed by atoms with Crippen molar-refractivity contribution in [1.29, 1.82) is 0 Å². The fourth-order valence-corrected chi connectivity index (χ4v) is 3.99. The zero-order chi connectivity index (χ0) is 21.0. The number of hydrogen-bond acceptors (Lipinski definition) is 6. The van der Waals surface area contributed by atoms with Gasteiger partial charge in [-0.3, -0.25) is 4.98 Å². The Morgan fingerprint density at radius 3 is 1.37 bits per heavy atom. The molecular weight excluding hydrogens is 400 g/mol. The number of anilines is 1. The summed E-state index contributed by atoms with van der Waals surface area (Å²) in [6.07, 6.45) is 3.24. The van der Waals surface area contributed by atoms with E-state index >= 15 is 0 Å². The molecule has 1 heterocycles. The van der Waals surface area contributed by atoms with Crippen LogP contribution in [0.3, 0.4) is 0 Å². The average molecular weight is 418 g/mol. The van der Waals surface area contributed by atoms with Gasteiger partial charge in [0.05, 0.1) is 9.79 Å². The molecule has 0 unspecified atom stereocenters. The largest absolute Gasteiger partial charge is 0.457 e. The quantitative estimate of drug-likeness (QED) is 0.439. The van der Waals surface area contributed by atoms with Crippen molar-refractivity contribution in [1.82, 2.24) is 4.98 Å². The summed E-state index contributed by atoms with van der Waals surface area (Å²) in [4.78, 5) is 4.28. The number of aromatic nitrogens is 1. The maximum absolute atomic E-state index is 12.9. The van der Waals surface area contributed by atoms with Gasteiger partial charge in [0, 0.05) is 18.1 Å². The molecule has 0 spiro atoms. The number of rotatable bonds is 6. The molecule has 0 saturated heterocycles. The van der Waals surface area contributed by atoms with E-state index < -0.39 is 9.84 Å². The zero-order valence-electron chi connectivity index (χ0n) is 15.8. The lowest BCUT2D eigenvalue weighted by Gasteiger charge is -2.09. The molecule has 0 bridgehead atoms. The Morgan fingerprint density at radius 1 is 0.567 bits per heavy atom. The minimum Gasteiger partial charge on any atom is -0.457 e. The van der Waals surface area contributed by atoms with Gasteiger partial charge in [-0.25, -0.2) is 8.42 Å². The molecule has 0 aliphatic rings. The van der Waals surface area contributed by atoms with Gasteiger partial charge < -0.3 is 15.2 Å². The van der Waals surface area contributed by atoms with E-state index in [1.807, 2.05) is 0 Å². The Hall–Kier alpha value is -3.84. The molecule has 4 aromatic rings. The molecule has 0 amide bonds. The lowest BCUT2D eigenvalue weighted by Crippen LogP contribution is -2.01. The smallest absolute Gasteiger partial charge is 0.206 e. The summed E-state index contributed by atoms with van der Waals surface area (Å²) in [6, 6.07) is 22.9. The van der Waals surface area contributed by atoms with Gasteiger partial charge in [0.25, 0.3) is 0 Å². The number of pyridine rings is 1. The maximum Gasteiger partial charge on any atom is 0.206 e. The molecule has 150 valence electrons. The van der Waals surface area contributed by atoms with Crippen molar-refractivity contribution in [2.75, 3.05) is 5.73 Å². The van der Waals surface area contributed by atoms with Crippen LogP contribution in [-0.2, 0) is 9.84 Å². The highest BCUT2D eigenvalue weighted by Gasteiger charge is 2.18. The summed E-state index contributed by atoms with van der Waals surface area (Å²) < 4.78 is 37.2. The third-order valence-corrected chi connectivity index (χ3v) is 6.05. The van der Waals surface area contributed by atoms with Crippen molar-refractivity contribution in [3.05, 3.63) is 97.3 Å². The number of nitrogens with two attached hydrogens (primary N) is 1. The van der Waals surface area contributed by atoms with Crippen LogP contribution in [0.1, 0.15) is 0 Å². The molecule has 6 nitrogen and oxygen atoms in total. The summed E-state index contributed by atoms with van der Waals surface area (Å²) in [6.45, 7) is 0. The van der Waals surface area contributed by atoms with Gasteiger partial charge in [0.2, 0.25) is 9.84 Å². The van der Waals surface area contributed by atoms with Crippen LogP contribution in [0.4, 0.5) is 5.69 Å². The van der Waals surface area contributed by atoms with Crippen LogP contribution in [0.5, 0.6) is 23.0 Å². The van der Waals surface area contributed by atoms with Crippen molar-refractivity contribution in [2.45, 2.75) is 9.79 Å². The second kappa shape index (κ2) is 8.26. The third-order valence-electron chi connectivity index (χ3n) is 4.27. The summed E-state index contributed by atoms with van der Waals surface area (Å²) >= 11 is 0. The predicted octanol–water partition coefficient (Wildman–Crippen LogP) is 5.08. The first kappa shape index (κ1) is 19.5. The topological polar surface area (TPSA) is 91.5 Å². The standard InChI is InChI=1S/C23H18N2O4S/c24-17-1-3-18(4-2-17)28-19-5-9-22(10-6-19)30(26,27)23-11-7-20(8-12-23)29-21-13-15-25-16-14-21/h1-16H,24H2. The average Bonchev–Trinajstić information content (AvgIpc) is 2.77. The van der Waals surface area contributed by atoms with Crippen LogP contribution in [0.15, 0.2) is 107 Å². The van der Waals surface area contributed by atoms with Gasteiger partial charge in [-0.2, -0.15) is 0 Å². The van der Waals surface area contributed by atoms with Crippen LogP contribution in [-0.4, -0.2) is 13.4 Å². The Kier molecular flexibility index (Phi) is 5.36. The minimum absolute atomic E-state index is 0.176. The molecule has 3 aromatic carbocycles. The van der Waals surface area contributed by atoms with Gasteiger partial charge >= 0.3 is 0 Å². The van der Waals surface area contributed by atoms with Crippen LogP contribution in [0.25, 0.3) is 0 Å². The van der Waals surface area contributed by atoms with E-state index in [0.717, 1.165) is 0 Å². The number of nitrogens with zero attached hydrogens (tertiary/aromatic N) is 1. The minimum atomic E-state index is -3.66. The Balaban J connectivity index is 1.49. The lowest BCUT2D eigenvalue weighted by atomic mass is 10.3. The molecule has 0 atom stereocenters. The summed E-state index contributed by atoms with van der Waals surface area (Å²) in [5.74, 6) is 2.30. The summed E-state index contributed by atoms with van der Waals surface area (Å²) in [7, 11) is -3.66. The Bertz CT molecular complexity index is 1220. The molecule has 30 heavy (non-hydrogen) atoms. The molecule has 1 aromatic heterocycles. The fourth-order valence-electron chi connectivity index (χ4n) is 2.72. The van der Waals surface area contributed by atoms with E-state index in [-0.39, 0.29) is 9.79 Å². The van der Waals surface area contributed by atoms with Crippen molar-refractivity contribution in [3.8, 4) is 23.0 Å². The zero-order valence-corrected chi connectivity index (χ0v) is 16.6. The SMILES string of the molecule is Nc1ccc(Oc2ccc(S(=O)(=O)c3ccc(Oc4ccncc4)cc3)cc2)cc1. The number of sulfone groups is 1. The summed E-state index contributed by atoms with van der Waals surface area (Å²) in [5.41, 5.74) is 6.30. The highest BCUT2D eigenvalue weighted by molar-refractivity contribution is 7.91. The fraction of sp³-hybridized carbons (Fsp3) is 0. The van der Waals surface area contributed by atoms with E-state index in [2.05, 4.69) is 4.98 Å². The van der Waals surface area contributed by atoms with Crippen LogP contribution >= 0.6 is 0 Å². The molecule has 0 radical (unpaired) electrons. The molecule has 7 heteroatoms. The van der Waals surface area contributed by atoms with Crippen molar-refractivity contribution in [3.63, 3.8) is 0 Å². The number of nitrogen functional groups attached to an aromatic ring is 1. The molecule has 2 N–H and O–H groups in total. The molecule has 0 aliphatic heterocycles. The highest BCUT2D eigenvalue weighted by atomic mass is 32.2. The van der Waals surface area contributed by atoms with E-state index in [1.165, 1.54) is 24.3 Å². The molecular formula is C23H18N2O4S. The second-order valence-corrected chi connectivity index (χ2v) is 8.35. The Morgan fingerprint density at radius 2 is 0.933 bits per heavy atom. The van der Waals surface area contributed by atoms with Gasteiger partial charge in [0.15, 0.2) is 0 Å². The third kappa shape index (κ3) is 4.42. The van der Waals surface area contributed by atoms with Gasteiger partial charge in [-0.1, -0.05) is 0 Å². The highest BCUT2D eigenvalue weighted by Crippen LogP contribution is 2.28. The molecule has 0 aliphatic carbocycles. The van der Waals surface area contributed by atoms with E-state index in [4.69, 9.17) is 15.2 Å². The lowest BCUT2D eigenvalue weighted by molar-refractivity contribution is 0.481. The van der Waals surface area contributed by atoms with Crippen molar-refractivity contribution >= 4 is 15.5 Å². The van der Waals surface area contributed by atoms with Crippen molar-refractivity contribution in [2.24, 2.45) is 0 Å². The van der Waals surface area contributed by atoms with Crippen molar-refractivity contribution < 1.29 is 17.9 Å². The first-order chi connectivity index (χ1) is 14.5. The monoisotopic (exact) mass is 418 g/mol. The van der Waals surface area contributed by atoms with Crippen LogP contribution < -0.4 is 15.2 Å². The first-order valence-corrected chi connectivity index (χ1v) is 10.6. The second-order valence-electron chi connectivity index (χ2n) is 6.40. The van der Waals surface area contributed by atoms with E-state index in [0.29, 0.717) is 28.7 Å². The van der Waals surface area contributed by atoms with Crippen LogP contribution in [0.2, 0.25) is 0 Å². The van der Waals surface area contributed by atoms with Gasteiger partial charge in [-0.15, -0.1) is 0 Å². The van der Waals surface area contributed by atoms with E-state index in [9.17, 15) is 8.42 Å². The Labute approximate surface area is 174 Å². The maximum atomic E-state index is 12.9. The molecule has 4 rings (SSSR count). The number of ether oxygens (including phenoxy) is 2. The number of benzene rings is 3. The van der Waals surface area contributed by atoms with Gasteiger partial charge in [-0.05, 0) is 84.9 Å². The molecule has 0 saturated carbocycles. The first-order valence-electron chi connectivity index (χ1n) is 9.07. The predicted molar refractivity (Wildman–Crippen MR) is 114 cm³/mol. The van der Waals surface area contributed by atoms with Crippen LogP contribution in [0, 0.1) is 0 Å². The number of hydrogen-bond donors (Lipinski definition) is 1. The van der Waals surface area contributed by atoms with Gasteiger partial charge in [0.1, 0.15) is 23.0 Å². The van der Waals surface area contributed by atoms with E-state index in [1.54, 1.807) is 73.1 Å². The molecule has 0 fully saturated rings. The normalized spacial score (nSPS) is 11.1.